The van der Waals surface area contributed by atoms with E-state index in [2.05, 4.69) is 114 Å². The van der Waals surface area contributed by atoms with Crippen molar-refractivity contribution in [2.24, 2.45) is 0 Å². The lowest BCUT2D eigenvalue weighted by atomic mass is 10.0. The molecule has 0 amide bonds. The molecule has 0 aliphatic carbocycles. The van der Waals surface area contributed by atoms with Crippen LogP contribution in [0.4, 0.5) is 0 Å². The van der Waals surface area contributed by atoms with E-state index in [1.807, 2.05) is 84.1 Å². The molecular formula is C51H30N4OS. The summed E-state index contributed by atoms with van der Waals surface area (Å²) in [6, 6.07) is 63.8. The molecule has 0 atom stereocenters. The van der Waals surface area contributed by atoms with Crippen LogP contribution in [0.1, 0.15) is 0 Å². The van der Waals surface area contributed by atoms with Crippen LogP contribution in [0.5, 0.6) is 0 Å². The Kier molecular flexibility index (Phi) is 7.03. The van der Waals surface area contributed by atoms with Crippen LogP contribution in [0.3, 0.4) is 0 Å². The quantitative estimate of drug-likeness (QED) is 0.176. The summed E-state index contributed by atoms with van der Waals surface area (Å²) in [4.78, 5) is 15.5. The molecule has 0 aliphatic heterocycles. The fraction of sp³-hybridized carbons (Fsp3) is 0. The van der Waals surface area contributed by atoms with Gasteiger partial charge in [-0.1, -0.05) is 133 Å². The number of benzene rings is 8. The van der Waals surface area contributed by atoms with Gasteiger partial charge in [0.25, 0.3) is 0 Å². The first kappa shape index (κ1) is 31.9. The number of thiophene rings is 1. The zero-order valence-corrected chi connectivity index (χ0v) is 31.2. The number of hydrogen-bond acceptors (Lipinski definition) is 5. The SMILES string of the molecule is c1ccc(-c2nc(-c3ccccc3)nc(-c3ccc4c(oc5ccccc54)c3-n3c4ccccc4c4ccc(-c5ccc6sc7ccccc7c6c5)cc43)n2)cc1. The van der Waals surface area contributed by atoms with E-state index in [1.165, 1.54) is 25.7 Å². The molecule has 0 spiro atoms. The zero-order valence-electron chi connectivity index (χ0n) is 30.4. The van der Waals surface area contributed by atoms with Crippen molar-refractivity contribution in [3.05, 3.63) is 182 Å². The van der Waals surface area contributed by atoms with Gasteiger partial charge in [0.15, 0.2) is 23.1 Å². The number of hydrogen-bond donors (Lipinski definition) is 0. The molecule has 4 aromatic heterocycles. The number of para-hydroxylation sites is 2. The van der Waals surface area contributed by atoms with E-state index >= 15 is 0 Å². The molecule has 12 aromatic rings. The van der Waals surface area contributed by atoms with Crippen molar-refractivity contribution in [1.82, 2.24) is 19.5 Å². The molecule has 4 heterocycles. The molecule has 0 saturated heterocycles. The van der Waals surface area contributed by atoms with Crippen molar-refractivity contribution < 1.29 is 4.42 Å². The maximum atomic E-state index is 6.90. The highest BCUT2D eigenvalue weighted by atomic mass is 32.1. The summed E-state index contributed by atoms with van der Waals surface area (Å²) in [5, 5.41) is 6.97. The van der Waals surface area contributed by atoms with E-state index in [0.29, 0.717) is 17.5 Å². The molecule has 0 N–H and O–H groups in total. The van der Waals surface area contributed by atoms with Crippen LogP contribution in [-0.2, 0) is 0 Å². The Bertz CT molecular complexity index is 3470. The van der Waals surface area contributed by atoms with E-state index < -0.39 is 0 Å². The first-order valence-electron chi connectivity index (χ1n) is 19.0. The number of fused-ring (bicyclic) bond motifs is 9. The average molecular weight is 747 g/mol. The van der Waals surface area contributed by atoms with Crippen LogP contribution in [0.15, 0.2) is 186 Å². The number of nitrogens with zero attached hydrogens (tertiary/aromatic N) is 4. The van der Waals surface area contributed by atoms with Crippen LogP contribution in [0, 0.1) is 0 Å². The maximum absolute atomic E-state index is 6.90. The fourth-order valence-corrected chi connectivity index (χ4v) is 9.49. The fourth-order valence-electron chi connectivity index (χ4n) is 8.40. The molecule has 266 valence electrons. The zero-order chi connectivity index (χ0) is 37.5. The van der Waals surface area contributed by atoms with Gasteiger partial charge in [0.2, 0.25) is 0 Å². The van der Waals surface area contributed by atoms with Crippen LogP contribution in [0.2, 0.25) is 0 Å². The lowest BCUT2D eigenvalue weighted by Crippen LogP contribution is -2.04. The molecule has 0 aliphatic rings. The summed E-state index contributed by atoms with van der Waals surface area (Å²) in [5.41, 5.74) is 9.61. The summed E-state index contributed by atoms with van der Waals surface area (Å²) in [6.07, 6.45) is 0. The van der Waals surface area contributed by atoms with Gasteiger partial charge < -0.3 is 8.98 Å². The molecule has 0 bridgehead atoms. The van der Waals surface area contributed by atoms with E-state index in [0.717, 1.165) is 71.7 Å². The Hall–Kier alpha value is -7.41. The van der Waals surface area contributed by atoms with Crippen molar-refractivity contribution in [3.63, 3.8) is 0 Å². The minimum absolute atomic E-state index is 0.567. The van der Waals surface area contributed by atoms with Crippen molar-refractivity contribution in [1.29, 1.82) is 0 Å². The second kappa shape index (κ2) is 12.6. The lowest BCUT2D eigenvalue weighted by Gasteiger charge is -2.15. The summed E-state index contributed by atoms with van der Waals surface area (Å²) in [5.74, 6) is 1.78. The van der Waals surface area contributed by atoms with E-state index in [-0.39, 0.29) is 0 Å². The molecule has 5 nitrogen and oxygen atoms in total. The second-order valence-electron chi connectivity index (χ2n) is 14.4. The van der Waals surface area contributed by atoms with Crippen molar-refractivity contribution in [2.75, 3.05) is 0 Å². The molecule has 57 heavy (non-hydrogen) atoms. The van der Waals surface area contributed by atoms with Crippen molar-refractivity contribution in [2.45, 2.75) is 0 Å². The average Bonchev–Trinajstić information content (AvgIpc) is 3.95. The molecule has 0 saturated carbocycles. The molecule has 0 radical (unpaired) electrons. The van der Waals surface area contributed by atoms with Crippen LogP contribution < -0.4 is 0 Å². The minimum Gasteiger partial charge on any atom is -0.454 e. The van der Waals surface area contributed by atoms with Gasteiger partial charge in [-0.3, -0.25) is 0 Å². The summed E-state index contributed by atoms with van der Waals surface area (Å²) >= 11 is 1.84. The van der Waals surface area contributed by atoms with Gasteiger partial charge in [-0.15, -0.1) is 11.3 Å². The standard InChI is InChI=1S/C51H30N4OS/c1-3-13-31(14-4-1)49-52-50(32-15-5-2-6-16-32)54-51(53-49)40-27-26-39-37-18-8-11-21-44(37)56-48(39)47(40)55-42-20-10-7-17-35(42)36-25-23-34(30-43(36)55)33-24-28-46-41(29-33)38-19-9-12-22-45(38)57-46/h1-30H. The lowest BCUT2D eigenvalue weighted by molar-refractivity contribution is 0.666. The Morgan fingerprint density at radius 3 is 1.75 bits per heavy atom. The monoisotopic (exact) mass is 746 g/mol. The third kappa shape index (κ3) is 5.04. The van der Waals surface area contributed by atoms with E-state index in [1.54, 1.807) is 0 Å². The van der Waals surface area contributed by atoms with Gasteiger partial charge in [-0.2, -0.15) is 0 Å². The topological polar surface area (TPSA) is 56.7 Å². The first-order valence-corrected chi connectivity index (χ1v) is 19.8. The van der Waals surface area contributed by atoms with Gasteiger partial charge in [-0.25, -0.2) is 15.0 Å². The molecule has 6 heteroatoms. The highest BCUT2D eigenvalue weighted by Gasteiger charge is 2.24. The van der Waals surface area contributed by atoms with Gasteiger partial charge in [0.1, 0.15) is 11.3 Å². The summed E-state index contributed by atoms with van der Waals surface area (Å²) in [6.45, 7) is 0. The molecule has 0 fully saturated rings. The molecule has 0 unspecified atom stereocenters. The molecule has 8 aromatic carbocycles. The van der Waals surface area contributed by atoms with Gasteiger partial charge in [0.05, 0.1) is 11.0 Å². The van der Waals surface area contributed by atoms with E-state index in [9.17, 15) is 0 Å². The molecular weight excluding hydrogens is 717 g/mol. The number of furan rings is 1. The summed E-state index contributed by atoms with van der Waals surface area (Å²) in [7, 11) is 0. The second-order valence-corrected chi connectivity index (χ2v) is 15.5. The largest absolute Gasteiger partial charge is 0.454 e. The van der Waals surface area contributed by atoms with Crippen molar-refractivity contribution in [3.8, 4) is 51.0 Å². The predicted octanol–water partition coefficient (Wildman–Crippen LogP) is 13.9. The minimum atomic E-state index is 0.567. The third-order valence-corrected chi connectivity index (χ3v) is 12.2. The first-order chi connectivity index (χ1) is 28.2. The third-order valence-electron chi connectivity index (χ3n) is 11.1. The van der Waals surface area contributed by atoms with E-state index in [4.69, 9.17) is 19.4 Å². The Morgan fingerprint density at radius 2 is 0.965 bits per heavy atom. The van der Waals surface area contributed by atoms with Gasteiger partial charge >= 0.3 is 0 Å². The van der Waals surface area contributed by atoms with Crippen LogP contribution in [-0.4, -0.2) is 19.5 Å². The normalized spacial score (nSPS) is 11.9. The Morgan fingerprint density at radius 1 is 0.386 bits per heavy atom. The highest BCUT2D eigenvalue weighted by Crippen LogP contribution is 2.44. The summed E-state index contributed by atoms with van der Waals surface area (Å²) < 4.78 is 11.9. The smallest absolute Gasteiger partial charge is 0.166 e. The van der Waals surface area contributed by atoms with Gasteiger partial charge in [0, 0.05) is 58.4 Å². The van der Waals surface area contributed by atoms with Crippen molar-refractivity contribution >= 4 is 75.3 Å². The van der Waals surface area contributed by atoms with Crippen LogP contribution >= 0.6 is 11.3 Å². The number of aromatic nitrogens is 4. The predicted molar refractivity (Wildman–Crippen MR) is 236 cm³/mol. The highest BCUT2D eigenvalue weighted by molar-refractivity contribution is 7.25. The van der Waals surface area contributed by atoms with Crippen LogP contribution in [0.25, 0.3) is 115 Å². The Labute approximate surface area is 330 Å². The van der Waals surface area contributed by atoms with Gasteiger partial charge in [-0.05, 0) is 59.7 Å². The Balaban J connectivity index is 1.18. The molecule has 12 rings (SSSR count). The maximum Gasteiger partial charge on any atom is 0.166 e. The number of rotatable bonds is 5.